The minimum Gasteiger partial charge on any atom is -0.448 e. The number of fused-ring (bicyclic) bond motifs is 3. The highest BCUT2D eigenvalue weighted by Crippen LogP contribution is 2.44. The minimum absolute atomic E-state index is 0.0873. The van der Waals surface area contributed by atoms with Gasteiger partial charge in [0.25, 0.3) is 0 Å². The number of nitrogens with zero attached hydrogens (tertiary/aromatic N) is 1. The number of rotatable bonds is 3. The summed E-state index contributed by atoms with van der Waals surface area (Å²) in [5.41, 5.74) is 5.85. The first kappa shape index (κ1) is 16.9. The molecule has 2 aromatic carbocycles. The molecule has 0 spiro atoms. The third-order valence-electron chi connectivity index (χ3n) is 5.21. The molecule has 1 atom stereocenters. The second kappa shape index (κ2) is 6.96. The predicted molar refractivity (Wildman–Crippen MR) is 101 cm³/mol. The van der Waals surface area contributed by atoms with E-state index in [2.05, 4.69) is 43.0 Å². The molecule has 1 fully saturated rings. The SMILES string of the molecule is C=C(C)C1CN(C(=O)OCC2c3ccccc3-c3ccccc32)CCO1. The molecule has 4 nitrogen and oxygen atoms in total. The Bertz CT molecular complexity index is 799. The van der Waals surface area contributed by atoms with Gasteiger partial charge < -0.3 is 14.4 Å². The van der Waals surface area contributed by atoms with Crippen molar-refractivity contribution in [1.82, 2.24) is 4.90 Å². The normalized spacial score (nSPS) is 19.0. The summed E-state index contributed by atoms with van der Waals surface area (Å²) in [6.07, 6.45) is -0.384. The van der Waals surface area contributed by atoms with E-state index in [1.54, 1.807) is 4.90 Å². The van der Waals surface area contributed by atoms with Crippen molar-refractivity contribution in [3.8, 4) is 11.1 Å². The van der Waals surface area contributed by atoms with E-state index >= 15 is 0 Å². The Hall–Kier alpha value is -2.59. The molecule has 1 heterocycles. The van der Waals surface area contributed by atoms with Crippen LogP contribution in [0.25, 0.3) is 11.1 Å². The van der Waals surface area contributed by atoms with Crippen LogP contribution in [0.2, 0.25) is 0 Å². The van der Waals surface area contributed by atoms with Gasteiger partial charge in [0.05, 0.1) is 19.3 Å². The van der Waals surface area contributed by atoms with Crippen LogP contribution in [0.4, 0.5) is 4.79 Å². The van der Waals surface area contributed by atoms with Crippen LogP contribution in [0.5, 0.6) is 0 Å². The molecule has 1 aliphatic carbocycles. The number of hydrogen-bond donors (Lipinski definition) is 0. The Morgan fingerprint density at radius 2 is 1.77 bits per heavy atom. The predicted octanol–water partition coefficient (Wildman–Crippen LogP) is 4.21. The summed E-state index contributed by atoms with van der Waals surface area (Å²) >= 11 is 0. The zero-order valence-corrected chi connectivity index (χ0v) is 15.0. The summed E-state index contributed by atoms with van der Waals surface area (Å²) in [4.78, 5) is 14.3. The van der Waals surface area contributed by atoms with E-state index in [0.717, 1.165) is 5.57 Å². The first-order valence-electron chi connectivity index (χ1n) is 9.02. The molecular formula is C22H23NO3. The van der Waals surface area contributed by atoms with Gasteiger partial charge in [-0.05, 0) is 29.2 Å². The lowest BCUT2D eigenvalue weighted by molar-refractivity contribution is -0.0103. The van der Waals surface area contributed by atoms with E-state index in [1.807, 2.05) is 19.1 Å². The lowest BCUT2D eigenvalue weighted by Crippen LogP contribution is -2.46. The molecule has 134 valence electrons. The van der Waals surface area contributed by atoms with Gasteiger partial charge in [-0.1, -0.05) is 60.7 Å². The maximum Gasteiger partial charge on any atom is 0.409 e. The number of amides is 1. The van der Waals surface area contributed by atoms with E-state index < -0.39 is 0 Å². The fourth-order valence-electron chi connectivity index (χ4n) is 3.80. The second-order valence-corrected chi connectivity index (χ2v) is 6.96. The van der Waals surface area contributed by atoms with Gasteiger partial charge in [0.1, 0.15) is 6.61 Å². The van der Waals surface area contributed by atoms with Gasteiger partial charge in [-0.2, -0.15) is 0 Å². The van der Waals surface area contributed by atoms with Gasteiger partial charge in [0.2, 0.25) is 0 Å². The molecule has 0 radical (unpaired) electrons. The molecule has 1 amide bonds. The van der Waals surface area contributed by atoms with Crippen molar-refractivity contribution in [1.29, 1.82) is 0 Å². The zero-order valence-electron chi connectivity index (χ0n) is 15.0. The maximum absolute atomic E-state index is 12.6. The van der Waals surface area contributed by atoms with Crippen molar-refractivity contribution in [2.75, 3.05) is 26.3 Å². The van der Waals surface area contributed by atoms with Gasteiger partial charge in [-0.15, -0.1) is 0 Å². The molecule has 0 aromatic heterocycles. The topological polar surface area (TPSA) is 38.8 Å². The molecule has 0 bridgehead atoms. The number of hydrogen-bond acceptors (Lipinski definition) is 3. The highest BCUT2D eigenvalue weighted by molar-refractivity contribution is 5.79. The number of morpholine rings is 1. The fourth-order valence-corrected chi connectivity index (χ4v) is 3.80. The highest BCUT2D eigenvalue weighted by atomic mass is 16.6. The quantitative estimate of drug-likeness (QED) is 0.779. The zero-order chi connectivity index (χ0) is 18.1. The van der Waals surface area contributed by atoms with Crippen molar-refractivity contribution < 1.29 is 14.3 Å². The molecule has 0 N–H and O–H groups in total. The minimum atomic E-state index is -0.276. The number of carbonyl (C=O) groups excluding carboxylic acids is 1. The Morgan fingerprint density at radius 3 is 2.38 bits per heavy atom. The lowest BCUT2D eigenvalue weighted by atomic mass is 9.98. The Kier molecular flexibility index (Phi) is 4.51. The van der Waals surface area contributed by atoms with E-state index in [-0.39, 0.29) is 18.1 Å². The maximum atomic E-state index is 12.6. The molecule has 1 unspecified atom stereocenters. The molecule has 1 aliphatic heterocycles. The summed E-state index contributed by atoms with van der Waals surface area (Å²) < 4.78 is 11.4. The molecule has 2 aromatic rings. The molecule has 4 heteroatoms. The van der Waals surface area contributed by atoms with Crippen molar-refractivity contribution in [2.24, 2.45) is 0 Å². The summed E-state index contributed by atoms with van der Waals surface area (Å²) in [7, 11) is 0. The smallest absolute Gasteiger partial charge is 0.409 e. The van der Waals surface area contributed by atoms with Crippen LogP contribution < -0.4 is 0 Å². The molecule has 0 saturated carbocycles. The first-order valence-corrected chi connectivity index (χ1v) is 9.02. The van der Waals surface area contributed by atoms with Crippen molar-refractivity contribution in [3.63, 3.8) is 0 Å². The van der Waals surface area contributed by atoms with E-state index in [9.17, 15) is 4.79 Å². The highest BCUT2D eigenvalue weighted by Gasteiger charge is 2.31. The molecule has 1 saturated heterocycles. The average Bonchev–Trinajstić information content (AvgIpc) is 3.00. The molecular weight excluding hydrogens is 326 g/mol. The van der Waals surface area contributed by atoms with Gasteiger partial charge in [-0.3, -0.25) is 0 Å². The van der Waals surface area contributed by atoms with Crippen LogP contribution in [-0.4, -0.2) is 43.4 Å². The standard InChI is InChI=1S/C22H23NO3/c1-15(2)21-13-23(11-12-25-21)22(24)26-14-20-18-9-5-3-7-16(18)17-8-4-6-10-19(17)20/h3-10,20-21H,1,11-14H2,2H3. The van der Waals surface area contributed by atoms with E-state index in [4.69, 9.17) is 9.47 Å². The van der Waals surface area contributed by atoms with Gasteiger partial charge >= 0.3 is 6.09 Å². The Labute approximate surface area is 154 Å². The Morgan fingerprint density at radius 1 is 1.15 bits per heavy atom. The second-order valence-electron chi connectivity index (χ2n) is 6.96. The summed E-state index contributed by atoms with van der Waals surface area (Å²) in [6.45, 7) is 7.78. The van der Waals surface area contributed by atoms with Crippen molar-refractivity contribution in [2.45, 2.75) is 18.9 Å². The first-order chi connectivity index (χ1) is 12.6. The Balaban J connectivity index is 1.48. The summed E-state index contributed by atoms with van der Waals surface area (Å²) in [6, 6.07) is 16.7. The van der Waals surface area contributed by atoms with E-state index in [1.165, 1.54) is 22.3 Å². The summed E-state index contributed by atoms with van der Waals surface area (Å²) in [5.74, 6) is 0.0873. The van der Waals surface area contributed by atoms with Crippen LogP contribution in [0.15, 0.2) is 60.7 Å². The van der Waals surface area contributed by atoms with Gasteiger partial charge in [-0.25, -0.2) is 4.79 Å². The van der Waals surface area contributed by atoms with Crippen molar-refractivity contribution in [3.05, 3.63) is 71.8 Å². The average molecular weight is 349 g/mol. The van der Waals surface area contributed by atoms with E-state index in [0.29, 0.717) is 26.3 Å². The third kappa shape index (κ3) is 3.01. The van der Waals surface area contributed by atoms with Gasteiger partial charge in [0.15, 0.2) is 0 Å². The molecule has 2 aliphatic rings. The molecule has 26 heavy (non-hydrogen) atoms. The van der Waals surface area contributed by atoms with Crippen LogP contribution in [0.1, 0.15) is 24.0 Å². The third-order valence-corrected chi connectivity index (χ3v) is 5.21. The summed E-state index contributed by atoms with van der Waals surface area (Å²) in [5, 5.41) is 0. The van der Waals surface area contributed by atoms with Crippen LogP contribution in [0, 0.1) is 0 Å². The van der Waals surface area contributed by atoms with Crippen LogP contribution >= 0.6 is 0 Å². The lowest BCUT2D eigenvalue weighted by Gasteiger charge is -2.32. The van der Waals surface area contributed by atoms with Crippen molar-refractivity contribution >= 4 is 6.09 Å². The monoisotopic (exact) mass is 349 g/mol. The fraction of sp³-hybridized carbons (Fsp3) is 0.318. The van der Waals surface area contributed by atoms with Gasteiger partial charge in [0, 0.05) is 12.5 Å². The largest absolute Gasteiger partial charge is 0.448 e. The van der Waals surface area contributed by atoms with Crippen LogP contribution in [-0.2, 0) is 9.47 Å². The van der Waals surface area contributed by atoms with Crippen LogP contribution in [0.3, 0.4) is 0 Å². The number of carbonyl (C=O) groups is 1. The number of ether oxygens (including phenoxy) is 2. The number of benzene rings is 2. The molecule has 4 rings (SSSR count).